The number of halogens is 1. The van der Waals surface area contributed by atoms with Crippen LogP contribution in [0.1, 0.15) is 11.1 Å². The van der Waals surface area contributed by atoms with Gasteiger partial charge in [0.15, 0.2) is 0 Å². The predicted octanol–water partition coefficient (Wildman–Crippen LogP) is 3.57. The van der Waals surface area contributed by atoms with E-state index in [1.807, 2.05) is 24.3 Å². The van der Waals surface area contributed by atoms with Gasteiger partial charge in [0.1, 0.15) is 12.4 Å². The Balaban J connectivity index is 2.02. The van der Waals surface area contributed by atoms with E-state index in [4.69, 9.17) is 27.3 Å². The summed E-state index contributed by atoms with van der Waals surface area (Å²) < 4.78 is 5.64. The van der Waals surface area contributed by atoms with Crippen LogP contribution >= 0.6 is 11.6 Å². The van der Waals surface area contributed by atoms with Crippen molar-refractivity contribution in [3.05, 3.63) is 58.6 Å². The molecule has 2 aromatic carbocycles. The van der Waals surface area contributed by atoms with Gasteiger partial charge in [-0.05, 0) is 35.9 Å². The predicted molar refractivity (Wildman–Crippen MR) is 76.0 cm³/mol. The fourth-order valence-electron chi connectivity index (χ4n) is 1.66. The number of hydrogen-bond donors (Lipinski definition) is 1. The molecule has 0 radical (unpaired) electrons. The minimum atomic E-state index is 0.363. The molecule has 96 valence electrons. The molecule has 0 spiro atoms. The average molecular weight is 273 g/mol. The van der Waals surface area contributed by atoms with Crippen LogP contribution in [-0.4, -0.2) is 0 Å². The average Bonchev–Trinajstić information content (AvgIpc) is 2.42. The number of anilines is 1. The number of nitriles is 1. The van der Waals surface area contributed by atoms with E-state index < -0.39 is 0 Å². The Hall–Kier alpha value is -2.18. The number of nitrogens with zero attached hydrogens (tertiary/aromatic N) is 1. The van der Waals surface area contributed by atoms with Crippen LogP contribution in [0.3, 0.4) is 0 Å². The Kier molecular flexibility index (Phi) is 4.27. The monoisotopic (exact) mass is 272 g/mol. The standard InChI is InChI=1S/C15H13ClN2O/c16-15-6-3-13(18)9-12(15)10-19-14-4-1-11(2-5-14)7-8-17/h1-6,9H,7,10,18H2. The molecule has 19 heavy (non-hydrogen) atoms. The Labute approximate surface area is 117 Å². The minimum Gasteiger partial charge on any atom is -0.489 e. The lowest BCUT2D eigenvalue weighted by Gasteiger charge is -2.09. The van der Waals surface area contributed by atoms with E-state index in [2.05, 4.69) is 6.07 Å². The molecule has 0 unspecified atom stereocenters. The van der Waals surface area contributed by atoms with Gasteiger partial charge in [-0.2, -0.15) is 5.26 Å². The molecule has 0 aromatic heterocycles. The summed E-state index contributed by atoms with van der Waals surface area (Å²) in [5.41, 5.74) is 8.18. The zero-order valence-electron chi connectivity index (χ0n) is 10.3. The minimum absolute atomic E-state index is 0.363. The van der Waals surface area contributed by atoms with Crippen molar-refractivity contribution in [3.63, 3.8) is 0 Å². The van der Waals surface area contributed by atoms with E-state index in [1.54, 1.807) is 18.2 Å². The van der Waals surface area contributed by atoms with Crippen LogP contribution in [-0.2, 0) is 13.0 Å². The molecule has 0 heterocycles. The maximum absolute atomic E-state index is 8.59. The van der Waals surface area contributed by atoms with Crippen molar-refractivity contribution in [1.29, 1.82) is 5.26 Å². The molecular weight excluding hydrogens is 260 g/mol. The number of nitrogens with two attached hydrogens (primary N) is 1. The molecule has 0 amide bonds. The lowest BCUT2D eigenvalue weighted by Crippen LogP contribution is -1.98. The van der Waals surface area contributed by atoms with Crippen molar-refractivity contribution in [1.82, 2.24) is 0 Å². The lowest BCUT2D eigenvalue weighted by atomic mass is 10.1. The lowest BCUT2D eigenvalue weighted by molar-refractivity contribution is 0.306. The van der Waals surface area contributed by atoms with E-state index in [1.165, 1.54) is 0 Å². The molecule has 0 saturated carbocycles. The van der Waals surface area contributed by atoms with Gasteiger partial charge in [0, 0.05) is 16.3 Å². The van der Waals surface area contributed by atoms with E-state index >= 15 is 0 Å². The third kappa shape index (κ3) is 3.64. The third-order valence-corrected chi connectivity index (χ3v) is 3.04. The summed E-state index contributed by atoms with van der Waals surface area (Å²) in [4.78, 5) is 0. The Morgan fingerprint density at radius 1 is 1.16 bits per heavy atom. The largest absolute Gasteiger partial charge is 0.489 e. The van der Waals surface area contributed by atoms with Crippen LogP contribution in [0.5, 0.6) is 5.75 Å². The van der Waals surface area contributed by atoms with Crippen molar-refractivity contribution in [2.75, 3.05) is 5.73 Å². The first kappa shape index (κ1) is 13.3. The second-order valence-electron chi connectivity index (χ2n) is 4.12. The SMILES string of the molecule is N#CCc1ccc(OCc2cc(N)ccc2Cl)cc1. The van der Waals surface area contributed by atoms with E-state index in [9.17, 15) is 0 Å². The maximum atomic E-state index is 8.59. The van der Waals surface area contributed by atoms with Gasteiger partial charge in [-0.1, -0.05) is 23.7 Å². The molecule has 0 aliphatic carbocycles. The molecule has 0 atom stereocenters. The van der Waals surface area contributed by atoms with Gasteiger partial charge in [0.25, 0.3) is 0 Å². The van der Waals surface area contributed by atoms with E-state index in [0.29, 0.717) is 23.7 Å². The molecular formula is C15H13ClN2O. The number of hydrogen-bond acceptors (Lipinski definition) is 3. The van der Waals surface area contributed by atoms with Crippen LogP contribution in [0.2, 0.25) is 5.02 Å². The van der Waals surface area contributed by atoms with Crippen LogP contribution in [0.25, 0.3) is 0 Å². The molecule has 3 nitrogen and oxygen atoms in total. The van der Waals surface area contributed by atoms with Gasteiger partial charge >= 0.3 is 0 Å². The fourth-order valence-corrected chi connectivity index (χ4v) is 1.83. The van der Waals surface area contributed by atoms with Crippen molar-refractivity contribution in [2.45, 2.75) is 13.0 Å². The second-order valence-corrected chi connectivity index (χ2v) is 4.53. The van der Waals surface area contributed by atoms with E-state index in [-0.39, 0.29) is 0 Å². The van der Waals surface area contributed by atoms with Crippen molar-refractivity contribution in [2.24, 2.45) is 0 Å². The smallest absolute Gasteiger partial charge is 0.119 e. The van der Waals surface area contributed by atoms with Crippen LogP contribution < -0.4 is 10.5 Å². The quantitative estimate of drug-likeness (QED) is 0.866. The highest BCUT2D eigenvalue weighted by Gasteiger charge is 2.02. The molecule has 0 aliphatic rings. The van der Waals surface area contributed by atoms with Crippen LogP contribution in [0.4, 0.5) is 5.69 Å². The molecule has 0 fully saturated rings. The molecule has 2 N–H and O–H groups in total. The number of nitrogen functional groups attached to an aromatic ring is 1. The summed E-state index contributed by atoms with van der Waals surface area (Å²) in [5, 5.41) is 9.22. The molecule has 0 saturated heterocycles. The normalized spacial score (nSPS) is 9.89. The van der Waals surface area contributed by atoms with Gasteiger partial charge in [-0.3, -0.25) is 0 Å². The molecule has 2 aromatic rings. The van der Waals surface area contributed by atoms with Crippen LogP contribution in [0, 0.1) is 11.3 Å². The van der Waals surface area contributed by atoms with Gasteiger partial charge in [-0.15, -0.1) is 0 Å². The maximum Gasteiger partial charge on any atom is 0.119 e. The van der Waals surface area contributed by atoms with Crippen LogP contribution in [0.15, 0.2) is 42.5 Å². The van der Waals surface area contributed by atoms with Gasteiger partial charge in [0.2, 0.25) is 0 Å². The zero-order valence-corrected chi connectivity index (χ0v) is 11.0. The Bertz CT molecular complexity index is 603. The van der Waals surface area contributed by atoms with Crippen molar-refractivity contribution in [3.8, 4) is 11.8 Å². The second kappa shape index (κ2) is 6.12. The highest BCUT2D eigenvalue weighted by Crippen LogP contribution is 2.21. The topological polar surface area (TPSA) is 59.0 Å². The summed E-state index contributed by atoms with van der Waals surface area (Å²) >= 11 is 6.06. The zero-order chi connectivity index (χ0) is 13.7. The fraction of sp³-hybridized carbons (Fsp3) is 0.133. The van der Waals surface area contributed by atoms with Crippen molar-refractivity contribution < 1.29 is 4.74 Å². The number of ether oxygens (including phenoxy) is 1. The third-order valence-electron chi connectivity index (χ3n) is 2.67. The summed E-state index contributed by atoms with van der Waals surface area (Å²) in [6.45, 7) is 0.363. The van der Waals surface area contributed by atoms with Gasteiger partial charge in [0.05, 0.1) is 12.5 Å². The molecule has 2 rings (SSSR count). The molecule has 0 aliphatic heterocycles. The Morgan fingerprint density at radius 2 is 1.89 bits per heavy atom. The molecule has 0 bridgehead atoms. The first-order valence-corrected chi connectivity index (χ1v) is 6.19. The number of rotatable bonds is 4. The number of benzene rings is 2. The van der Waals surface area contributed by atoms with Gasteiger partial charge < -0.3 is 10.5 Å². The molecule has 4 heteroatoms. The first-order valence-electron chi connectivity index (χ1n) is 5.81. The first-order chi connectivity index (χ1) is 9.19. The summed E-state index contributed by atoms with van der Waals surface area (Å²) in [5.74, 6) is 0.736. The van der Waals surface area contributed by atoms with E-state index in [0.717, 1.165) is 16.9 Å². The highest BCUT2D eigenvalue weighted by atomic mass is 35.5. The summed E-state index contributed by atoms with van der Waals surface area (Å²) in [6, 6.07) is 14.8. The van der Waals surface area contributed by atoms with Crippen molar-refractivity contribution >= 4 is 17.3 Å². The van der Waals surface area contributed by atoms with Gasteiger partial charge in [-0.25, -0.2) is 0 Å². The Morgan fingerprint density at radius 3 is 2.58 bits per heavy atom. The summed E-state index contributed by atoms with van der Waals surface area (Å²) in [6.07, 6.45) is 0.404. The highest BCUT2D eigenvalue weighted by molar-refractivity contribution is 6.31. The summed E-state index contributed by atoms with van der Waals surface area (Å²) in [7, 11) is 0.